The zero-order valence-corrected chi connectivity index (χ0v) is 14.1. The maximum absolute atomic E-state index is 12.3. The molecule has 0 spiro atoms. The Kier molecular flexibility index (Phi) is 5.54. The minimum Gasteiger partial charge on any atom is -0.481 e. The van der Waals surface area contributed by atoms with E-state index in [1.807, 2.05) is 0 Å². The number of hydrogen-bond acceptors (Lipinski definition) is 3. The van der Waals surface area contributed by atoms with E-state index in [0.717, 1.165) is 0 Å². The van der Waals surface area contributed by atoms with Crippen molar-refractivity contribution >= 4 is 23.5 Å². The predicted molar refractivity (Wildman–Crippen MR) is 94.5 cm³/mol. The first-order valence-corrected chi connectivity index (χ1v) is 7.78. The van der Waals surface area contributed by atoms with E-state index >= 15 is 0 Å². The number of amides is 2. The molecular weight excluding hydrogens is 320 g/mol. The Morgan fingerprint density at radius 2 is 1.60 bits per heavy atom. The van der Waals surface area contributed by atoms with Gasteiger partial charge in [-0.15, -0.1) is 0 Å². The highest BCUT2D eigenvalue weighted by atomic mass is 16.4. The molecule has 6 heteroatoms. The standard InChI is InChI=1S/C19H20N2O4/c1-19(18(24)25,14-6-4-3-5-7-14)12-16(22)21-15-10-8-13(9-11-15)17(23)20-2/h3-11H,12H2,1-2H3,(H,20,23)(H,21,22)(H,24,25). The van der Waals surface area contributed by atoms with Crippen LogP contribution < -0.4 is 10.6 Å². The Bertz CT molecular complexity index is 772. The van der Waals surface area contributed by atoms with Crippen LogP contribution in [0, 0.1) is 0 Å². The van der Waals surface area contributed by atoms with Gasteiger partial charge in [-0.05, 0) is 36.8 Å². The third-order valence-corrected chi connectivity index (χ3v) is 4.05. The van der Waals surface area contributed by atoms with E-state index in [1.165, 1.54) is 14.0 Å². The van der Waals surface area contributed by atoms with Gasteiger partial charge in [0.2, 0.25) is 5.91 Å². The maximum Gasteiger partial charge on any atom is 0.314 e. The fraction of sp³-hybridized carbons (Fsp3) is 0.211. The van der Waals surface area contributed by atoms with Gasteiger partial charge in [0.05, 0.1) is 5.41 Å². The molecule has 2 aromatic carbocycles. The Hall–Kier alpha value is -3.15. The molecule has 0 aliphatic heterocycles. The second-order valence-electron chi connectivity index (χ2n) is 5.88. The number of nitrogens with one attached hydrogen (secondary N) is 2. The minimum absolute atomic E-state index is 0.205. The number of rotatable bonds is 6. The topological polar surface area (TPSA) is 95.5 Å². The molecule has 3 N–H and O–H groups in total. The number of hydrogen-bond donors (Lipinski definition) is 3. The van der Waals surface area contributed by atoms with Gasteiger partial charge in [0.15, 0.2) is 0 Å². The highest BCUT2D eigenvalue weighted by Gasteiger charge is 2.37. The van der Waals surface area contributed by atoms with Gasteiger partial charge in [0, 0.05) is 24.7 Å². The summed E-state index contributed by atoms with van der Waals surface area (Å²) in [5, 5.41) is 14.8. The first kappa shape index (κ1) is 18.2. The van der Waals surface area contributed by atoms with Crippen LogP contribution in [-0.4, -0.2) is 29.9 Å². The maximum atomic E-state index is 12.3. The third-order valence-electron chi connectivity index (χ3n) is 4.05. The summed E-state index contributed by atoms with van der Waals surface area (Å²) in [7, 11) is 1.54. The Balaban J connectivity index is 2.12. The summed E-state index contributed by atoms with van der Waals surface area (Å²) in [4.78, 5) is 35.6. The van der Waals surface area contributed by atoms with Crippen molar-refractivity contribution in [2.45, 2.75) is 18.8 Å². The molecule has 6 nitrogen and oxygen atoms in total. The fourth-order valence-electron chi connectivity index (χ4n) is 2.48. The second kappa shape index (κ2) is 7.61. The fourth-order valence-corrected chi connectivity index (χ4v) is 2.48. The normalized spacial score (nSPS) is 12.7. The number of carboxylic acid groups (broad SMARTS) is 1. The number of anilines is 1. The van der Waals surface area contributed by atoms with Gasteiger partial charge in [-0.25, -0.2) is 0 Å². The van der Waals surface area contributed by atoms with Crippen molar-refractivity contribution < 1.29 is 19.5 Å². The molecule has 1 atom stereocenters. The average molecular weight is 340 g/mol. The van der Waals surface area contributed by atoms with E-state index in [-0.39, 0.29) is 12.3 Å². The van der Waals surface area contributed by atoms with Gasteiger partial charge in [-0.3, -0.25) is 14.4 Å². The highest BCUT2D eigenvalue weighted by Crippen LogP contribution is 2.28. The Morgan fingerprint density at radius 1 is 1.00 bits per heavy atom. The molecule has 0 aromatic heterocycles. The van der Waals surface area contributed by atoms with Crippen LogP contribution in [0.3, 0.4) is 0 Å². The van der Waals surface area contributed by atoms with Crippen LogP contribution >= 0.6 is 0 Å². The van der Waals surface area contributed by atoms with E-state index < -0.39 is 17.3 Å². The van der Waals surface area contributed by atoms with E-state index in [2.05, 4.69) is 10.6 Å². The first-order valence-electron chi connectivity index (χ1n) is 7.78. The molecule has 0 fully saturated rings. The van der Waals surface area contributed by atoms with Crippen molar-refractivity contribution in [2.75, 3.05) is 12.4 Å². The highest BCUT2D eigenvalue weighted by molar-refractivity contribution is 5.97. The molecule has 0 heterocycles. The molecule has 130 valence electrons. The molecular formula is C19H20N2O4. The molecule has 2 aromatic rings. The molecule has 0 aliphatic carbocycles. The van der Waals surface area contributed by atoms with Gasteiger partial charge in [-0.1, -0.05) is 30.3 Å². The van der Waals surface area contributed by atoms with Crippen LogP contribution in [0.5, 0.6) is 0 Å². The summed E-state index contributed by atoms with van der Waals surface area (Å²) in [6.45, 7) is 1.53. The van der Waals surface area contributed by atoms with E-state index in [1.54, 1.807) is 54.6 Å². The number of aliphatic carboxylic acids is 1. The molecule has 0 saturated carbocycles. The first-order chi connectivity index (χ1) is 11.9. The van der Waals surface area contributed by atoms with Crippen LogP contribution in [-0.2, 0) is 15.0 Å². The van der Waals surface area contributed by atoms with E-state index in [0.29, 0.717) is 16.8 Å². The lowest BCUT2D eigenvalue weighted by atomic mass is 9.79. The van der Waals surface area contributed by atoms with Gasteiger partial charge < -0.3 is 15.7 Å². The third kappa shape index (κ3) is 4.23. The van der Waals surface area contributed by atoms with Gasteiger partial charge in [0.1, 0.15) is 0 Å². The molecule has 0 aliphatic rings. The minimum atomic E-state index is -1.33. The lowest BCUT2D eigenvalue weighted by Crippen LogP contribution is -2.36. The van der Waals surface area contributed by atoms with Crippen LogP contribution in [0.2, 0.25) is 0 Å². The van der Waals surface area contributed by atoms with Crippen LogP contribution in [0.25, 0.3) is 0 Å². The molecule has 25 heavy (non-hydrogen) atoms. The summed E-state index contributed by atoms with van der Waals surface area (Å²) in [6, 6.07) is 15.0. The smallest absolute Gasteiger partial charge is 0.314 e. The van der Waals surface area contributed by atoms with E-state index in [4.69, 9.17) is 0 Å². The predicted octanol–water partition coefficient (Wildman–Crippen LogP) is 2.42. The Labute approximate surface area is 145 Å². The van der Waals surface area contributed by atoms with Crippen LogP contribution in [0.4, 0.5) is 5.69 Å². The zero-order valence-electron chi connectivity index (χ0n) is 14.1. The Morgan fingerprint density at radius 3 is 2.12 bits per heavy atom. The average Bonchev–Trinajstić information content (AvgIpc) is 2.62. The van der Waals surface area contributed by atoms with E-state index in [9.17, 15) is 19.5 Å². The quantitative estimate of drug-likeness (QED) is 0.752. The summed E-state index contributed by atoms with van der Waals surface area (Å²) < 4.78 is 0. The van der Waals surface area contributed by atoms with Crippen molar-refractivity contribution in [1.82, 2.24) is 5.32 Å². The zero-order chi connectivity index (χ0) is 18.4. The van der Waals surface area contributed by atoms with Gasteiger partial charge >= 0.3 is 5.97 Å². The molecule has 1 unspecified atom stereocenters. The molecule has 0 bridgehead atoms. The lowest BCUT2D eigenvalue weighted by molar-refractivity contribution is -0.145. The number of benzene rings is 2. The largest absolute Gasteiger partial charge is 0.481 e. The number of carbonyl (C=O) groups excluding carboxylic acids is 2. The monoisotopic (exact) mass is 340 g/mol. The number of carboxylic acids is 1. The van der Waals surface area contributed by atoms with Gasteiger partial charge in [0.25, 0.3) is 5.91 Å². The summed E-state index contributed by atoms with van der Waals surface area (Å²) in [6.07, 6.45) is -0.205. The van der Waals surface area contributed by atoms with Crippen LogP contribution in [0.1, 0.15) is 29.3 Å². The molecule has 0 radical (unpaired) electrons. The van der Waals surface area contributed by atoms with Crippen molar-refractivity contribution in [3.8, 4) is 0 Å². The van der Waals surface area contributed by atoms with Crippen molar-refractivity contribution in [3.05, 3.63) is 65.7 Å². The summed E-state index contributed by atoms with van der Waals surface area (Å²) in [5.74, 6) is -1.70. The van der Waals surface area contributed by atoms with Crippen molar-refractivity contribution in [2.24, 2.45) is 0 Å². The second-order valence-corrected chi connectivity index (χ2v) is 5.88. The molecule has 2 amide bonds. The molecule has 0 saturated heterocycles. The number of carbonyl (C=O) groups is 3. The van der Waals surface area contributed by atoms with Gasteiger partial charge in [-0.2, -0.15) is 0 Å². The molecule has 2 rings (SSSR count). The van der Waals surface area contributed by atoms with Crippen molar-refractivity contribution in [3.63, 3.8) is 0 Å². The van der Waals surface area contributed by atoms with Crippen LogP contribution in [0.15, 0.2) is 54.6 Å². The SMILES string of the molecule is CNC(=O)c1ccc(NC(=O)CC(C)(C(=O)O)c2ccccc2)cc1. The summed E-state index contributed by atoms with van der Waals surface area (Å²) >= 11 is 0. The summed E-state index contributed by atoms with van der Waals surface area (Å²) in [5.41, 5.74) is 0.208. The van der Waals surface area contributed by atoms with Crippen molar-refractivity contribution in [1.29, 1.82) is 0 Å². The lowest BCUT2D eigenvalue weighted by Gasteiger charge is -2.24.